The van der Waals surface area contributed by atoms with Crippen molar-refractivity contribution in [1.82, 2.24) is 19.0 Å². The molecule has 0 aliphatic carbocycles. The summed E-state index contributed by atoms with van der Waals surface area (Å²) in [5.74, 6) is -0.0732. The fourth-order valence-electron chi connectivity index (χ4n) is 6.34. The number of piperidine rings is 1. The molecule has 15 nitrogen and oxygen atoms in total. The lowest BCUT2D eigenvalue weighted by molar-refractivity contribution is -0.116. The molecule has 282 valence electrons. The molecule has 4 heterocycles. The predicted octanol–water partition coefficient (Wildman–Crippen LogP) is 4.72. The fraction of sp³-hybridized carbons (Fsp3) is 0.333. The minimum atomic E-state index is -0.458. The monoisotopic (exact) mass is 736 g/mol. The Kier molecular flexibility index (Phi) is 11.3. The molecule has 2 aromatic heterocycles. The maximum atomic E-state index is 13.3. The van der Waals surface area contributed by atoms with Crippen LogP contribution >= 0.6 is 0 Å². The van der Waals surface area contributed by atoms with Crippen LogP contribution in [0.1, 0.15) is 57.7 Å². The van der Waals surface area contributed by atoms with Gasteiger partial charge in [-0.25, -0.2) is 9.78 Å². The van der Waals surface area contributed by atoms with Gasteiger partial charge < -0.3 is 44.6 Å². The van der Waals surface area contributed by atoms with Crippen molar-refractivity contribution >= 4 is 47.1 Å². The first-order valence-electron chi connectivity index (χ1n) is 17.6. The zero-order valence-electron chi connectivity index (χ0n) is 30.8. The highest BCUT2D eigenvalue weighted by atomic mass is 16.5. The van der Waals surface area contributed by atoms with Gasteiger partial charge in [0.05, 0.1) is 25.0 Å². The number of fused-ring (bicyclic) bond motifs is 3. The van der Waals surface area contributed by atoms with Crippen molar-refractivity contribution in [3.8, 4) is 22.6 Å². The van der Waals surface area contributed by atoms with E-state index in [1.54, 1.807) is 67.0 Å². The highest BCUT2D eigenvalue weighted by molar-refractivity contribution is 6.03. The second kappa shape index (κ2) is 16.2. The summed E-state index contributed by atoms with van der Waals surface area (Å²) >= 11 is 0. The molecule has 3 amide bonds. The van der Waals surface area contributed by atoms with Gasteiger partial charge in [0.15, 0.2) is 17.3 Å². The van der Waals surface area contributed by atoms with E-state index in [1.165, 1.54) is 11.7 Å². The molecule has 2 aliphatic heterocycles. The molecule has 4 aromatic rings. The zero-order valence-corrected chi connectivity index (χ0v) is 30.8. The van der Waals surface area contributed by atoms with E-state index in [-0.39, 0.29) is 48.9 Å². The quantitative estimate of drug-likeness (QED) is 0.0993. The van der Waals surface area contributed by atoms with Crippen LogP contribution in [0.3, 0.4) is 0 Å². The minimum Gasteiger partial charge on any atom is -0.493 e. The molecule has 1 saturated heterocycles. The van der Waals surface area contributed by atoms with Crippen LogP contribution in [0.25, 0.3) is 11.1 Å². The number of hydrogen-bond donors (Lipinski definition) is 3. The van der Waals surface area contributed by atoms with Crippen molar-refractivity contribution in [1.29, 1.82) is 0 Å². The zero-order chi connectivity index (χ0) is 38.5. The van der Waals surface area contributed by atoms with Gasteiger partial charge in [0, 0.05) is 82.0 Å². The number of benzene rings is 2. The molecule has 2 bridgehead atoms. The number of nitrogens with zero attached hydrogens (tertiary/aromatic N) is 5. The molecule has 1 fully saturated rings. The summed E-state index contributed by atoms with van der Waals surface area (Å²) in [5, 5.41) is 5.57. The van der Waals surface area contributed by atoms with Crippen LogP contribution in [0.15, 0.2) is 72.0 Å². The Morgan fingerprint density at radius 2 is 1.81 bits per heavy atom. The Morgan fingerprint density at radius 1 is 1.04 bits per heavy atom. The smallest absolute Gasteiger partial charge is 0.355 e. The number of nitrogens with one attached hydrogen (secondary N) is 2. The van der Waals surface area contributed by atoms with Crippen molar-refractivity contribution in [2.45, 2.75) is 32.3 Å². The topological polar surface area (TPSA) is 184 Å². The van der Waals surface area contributed by atoms with Crippen LogP contribution in [-0.4, -0.2) is 88.4 Å². The maximum absolute atomic E-state index is 13.3. The number of aryl methyl sites for hydroxylation is 2. The maximum Gasteiger partial charge on any atom is 0.355 e. The first-order valence-corrected chi connectivity index (χ1v) is 17.6. The van der Waals surface area contributed by atoms with Gasteiger partial charge in [-0.1, -0.05) is 24.3 Å². The molecule has 0 saturated carbocycles. The molecule has 6 rings (SSSR count). The Hall–Kier alpha value is -6.22. The van der Waals surface area contributed by atoms with Crippen LogP contribution in [-0.2, 0) is 23.6 Å². The van der Waals surface area contributed by atoms with E-state index in [0.717, 1.165) is 23.1 Å². The second-order valence-corrected chi connectivity index (χ2v) is 13.5. The van der Waals surface area contributed by atoms with Gasteiger partial charge in [-0.2, -0.15) is 0 Å². The van der Waals surface area contributed by atoms with Gasteiger partial charge in [-0.15, -0.1) is 0 Å². The molecule has 2 atom stereocenters. The number of nitrogens with two attached hydrogens (primary N) is 1. The second-order valence-electron chi connectivity index (χ2n) is 13.5. The number of rotatable bonds is 13. The van der Waals surface area contributed by atoms with Crippen molar-refractivity contribution in [2.24, 2.45) is 30.7 Å². The van der Waals surface area contributed by atoms with Crippen LogP contribution in [0.2, 0.25) is 0 Å². The Balaban J connectivity index is 1.00. The van der Waals surface area contributed by atoms with Gasteiger partial charge in [0.25, 0.3) is 11.8 Å². The summed E-state index contributed by atoms with van der Waals surface area (Å²) in [6.45, 7) is 7.35. The number of anilines is 2. The summed E-state index contributed by atoms with van der Waals surface area (Å²) in [4.78, 5) is 62.4. The molecule has 54 heavy (non-hydrogen) atoms. The Bertz CT molecular complexity index is 2120. The third-order valence-electron chi connectivity index (χ3n) is 9.13. The van der Waals surface area contributed by atoms with Crippen LogP contribution in [0.5, 0.6) is 11.5 Å². The average molecular weight is 737 g/mol. The van der Waals surface area contributed by atoms with E-state index in [1.807, 2.05) is 24.5 Å². The number of esters is 1. The van der Waals surface area contributed by atoms with Gasteiger partial charge in [-0.3, -0.25) is 19.4 Å². The number of amides is 3. The molecule has 2 aromatic carbocycles. The predicted molar refractivity (Wildman–Crippen MR) is 204 cm³/mol. The Labute approximate surface area is 312 Å². The molecule has 2 aliphatic rings. The van der Waals surface area contributed by atoms with E-state index in [2.05, 4.69) is 27.2 Å². The first kappa shape index (κ1) is 37.5. The summed E-state index contributed by atoms with van der Waals surface area (Å²) in [5.41, 5.74) is 10.1. The van der Waals surface area contributed by atoms with E-state index in [0.29, 0.717) is 53.6 Å². The standard InChI is InChI=1S/C39H44N8O7/c1-23-13-25-18-41-30-16-33(32(52-5)15-29(30)38(50)47(19-23)20-25)53-12-6-7-35(48)43-34-22-46(4)36(44-34)37(49)42-28-10-8-26(9-11-28)27-14-31(45(3)21-27)39(51)54-24(2)17-40/h8-11,14-16,18,21-22,24-25H,1,6-7,12-13,17,19-20,40H2,2-5H3,(H,42,49)(H,43,48). The number of aromatic nitrogens is 3. The molecular weight excluding hydrogens is 692 g/mol. The molecule has 15 heteroatoms. The van der Waals surface area contributed by atoms with Crippen molar-refractivity contribution < 1.29 is 33.4 Å². The van der Waals surface area contributed by atoms with Gasteiger partial charge in [-0.05, 0) is 49.6 Å². The minimum absolute atomic E-state index is 0.105. The molecular formula is C39H44N8O7. The van der Waals surface area contributed by atoms with E-state index in [9.17, 15) is 19.2 Å². The SMILES string of the molecule is C=C1CC2C=Nc3cc(OCCCC(=O)Nc4cn(C)c(C(=O)Nc5ccc(-c6cc(C(=O)OC(C)CN)n(C)c6)cc5)n4)c(OC)cc3C(=O)N(C1)C2. The summed E-state index contributed by atoms with van der Waals surface area (Å²) < 4.78 is 20.1. The third-order valence-corrected chi connectivity index (χ3v) is 9.13. The highest BCUT2D eigenvalue weighted by Crippen LogP contribution is 2.38. The van der Waals surface area contributed by atoms with E-state index >= 15 is 0 Å². The number of carbonyl (C=O) groups is 4. The highest BCUT2D eigenvalue weighted by Gasteiger charge is 2.30. The number of carbonyl (C=O) groups excluding carboxylic acids is 4. The van der Waals surface area contributed by atoms with Crippen molar-refractivity contribution in [3.05, 3.63) is 84.1 Å². The third kappa shape index (κ3) is 8.52. The largest absolute Gasteiger partial charge is 0.493 e. The van der Waals surface area contributed by atoms with Crippen LogP contribution in [0.4, 0.5) is 17.2 Å². The number of aliphatic imine (C=N–C) groups is 1. The summed E-state index contributed by atoms with van der Waals surface area (Å²) in [7, 11) is 4.93. The Morgan fingerprint density at radius 3 is 2.56 bits per heavy atom. The molecule has 0 radical (unpaired) electrons. The number of imidazole rings is 1. The molecule has 0 spiro atoms. The number of ether oxygens (including phenoxy) is 3. The van der Waals surface area contributed by atoms with Gasteiger partial charge in [0.2, 0.25) is 11.7 Å². The first-order chi connectivity index (χ1) is 25.9. The average Bonchev–Trinajstić information content (AvgIpc) is 3.73. The summed E-state index contributed by atoms with van der Waals surface area (Å²) in [6, 6.07) is 12.2. The lowest BCUT2D eigenvalue weighted by Gasteiger charge is -2.34. The normalized spacial score (nSPS) is 15.5. The fourth-order valence-corrected chi connectivity index (χ4v) is 6.34. The van der Waals surface area contributed by atoms with Gasteiger partial charge in [0.1, 0.15) is 11.8 Å². The number of hydrogen-bond acceptors (Lipinski definition) is 10. The molecule has 2 unspecified atom stereocenters. The van der Waals surface area contributed by atoms with Crippen LogP contribution < -0.4 is 25.8 Å². The van der Waals surface area contributed by atoms with Crippen molar-refractivity contribution in [3.63, 3.8) is 0 Å². The lowest BCUT2D eigenvalue weighted by Crippen LogP contribution is -2.42. The lowest BCUT2D eigenvalue weighted by atomic mass is 9.94. The van der Waals surface area contributed by atoms with E-state index in [4.69, 9.17) is 19.9 Å². The van der Waals surface area contributed by atoms with Crippen molar-refractivity contribution in [2.75, 3.05) is 44.0 Å². The molecule has 4 N–H and O–H groups in total. The van der Waals surface area contributed by atoms with Crippen LogP contribution in [0, 0.1) is 5.92 Å². The van der Waals surface area contributed by atoms with E-state index < -0.39 is 18.0 Å². The summed E-state index contributed by atoms with van der Waals surface area (Å²) in [6.07, 6.45) is 6.15. The number of methoxy groups -OCH3 is 1. The van der Waals surface area contributed by atoms with Gasteiger partial charge >= 0.3 is 5.97 Å².